The predicted molar refractivity (Wildman–Crippen MR) is 131 cm³/mol. The van der Waals surface area contributed by atoms with Gasteiger partial charge in [0, 0.05) is 37.3 Å². The van der Waals surface area contributed by atoms with E-state index in [1.54, 1.807) is 25.1 Å². The first-order valence-electron chi connectivity index (χ1n) is 12.0. The van der Waals surface area contributed by atoms with Crippen LogP contribution in [0.25, 0.3) is 0 Å². The Kier molecular flexibility index (Phi) is 7.33. The van der Waals surface area contributed by atoms with Gasteiger partial charge >= 0.3 is 18.1 Å². The van der Waals surface area contributed by atoms with Crippen molar-refractivity contribution in [2.24, 2.45) is 0 Å². The summed E-state index contributed by atoms with van der Waals surface area (Å²) in [6, 6.07) is 9.10. The zero-order valence-corrected chi connectivity index (χ0v) is 20.8. The van der Waals surface area contributed by atoms with Crippen LogP contribution in [0.5, 0.6) is 0 Å². The van der Waals surface area contributed by atoms with Crippen LogP contribution in [0.1, 0.15) is 36.5 Å². The molecular formula is C26H27FN4O7. The van der Waals surface area contributed by atoms with Crippen LogP contribution in [0.4, 0.5) is 19.7 Å². The molecule has 1 fully saturated rings. The fraction of sp³-hybridized carbons (Fsp3) is 0.346. The Morgan fingerprint density at radius 1 is 1.18 bits per heavy atom. The number of benzene rings is 2. The maximum Gasteiger partial charge on any atom is 0.418 e. The number of carboxylic acids is 1. The Morgan fingerprint density at radius 2 is 1.89 bits per heavy atom. The molecule has 0 bridgehead atoms. The van der Waals surface area contributed by atoms with Gasteiger partial charge in [0.1, 0.15) is 12.4 Å². The molecule has 1 heterocycles. The summed E-state index contributed by atoms with van der Waals surface area (Å²) in [7, 11) is 1.48. The third-order valence-electron chi connectivity index (χ3n) is 6.73. The van der Waals surface area contributed by atoms with E-state index in [0.717, 1.165) is 10.5 Å². The number of aliphatic carboxylic acids is 1. The third-order valence-corrected chi connectivity index (χ3v) is 6.73. The molecule has 1 aliphatic heterocycles. The van der Waals surface area contributed by atoms with Gasteiger partial charge in [-0.25, -0.2) is 18.9 Å². The van der Waals surface area contributed by atoms with Crippen molar-refractivity contribution in [1.29, 1.82) is 0 Å². The number of carboxylic acid groups (broad SMARTS) is 1. The van der Waals surface area contributed by atoms with Crippen molar-refractivity contribution in [2.45, 2.75) is 44.4 Å². The first-order chi connectivity index (χ1) is 18.0. The van der Waals surface area contributed by atoms with Gasteiger partial charge in [-0.2, -0.15) is 0 Å². The summed E-state index contributed by atoms with van der Waals surface area (Å²) in [5.74, 6) is -2.94. The van der Waals surface area contributed by atoms with Crippen molar-refractivity contribution in [1.82, 2.24) is 15.1 Å². The van der Waals surface area contributed by atoms with Crippen molar-refractivity contribution in [2.75, 3.05) is 18.9 Å². The van der Waals surface area contributed by atoms with Gasteiger partial charge in [-0.15, -0.1) is 0 Å². The van der Waals surface area contributed by atoms with Crippen LogP contribution in [0.15, 0.2) is 42.5 Å². The Bertz CT molecular complexity index is 1300. The van der Waals surface area contributed by atoms with Crippen LogP contribution >= 0.6 is 0 Å². The Balaban J connectivity index is 1.54. The number of anilines is 1. The fourth-order valence-electron chi connectivity index (χ4n) is 4.79. The highest BCUT2D eigenvalue weighted by Gasteiger charge is 2.58. The van der Waals surface area contributed by atoms with Crippen LogP contribution in [-0.4, -0.2) is 64.4 Å². The number of nitrogens with one attached hydrogen (secondary N) is 2. The molecule has 0 saturated carbocycles. The molecular weight excluding hydrogens is 499 g/mol. The summed E-state index contributed by atoms with van der Waals surface area (Å²) in [5.41, 5.74) is 0.687. The molecule has 2 aliphatic rings. The van der Waals surface area contributed by atoms with Crippen molar-refractivity contribution < 1.29 is 38.2 Å². The summed E-state index contributed by atoms with van der Waals surface area (Å²) in [5, 5.41) is 14.3. The quantitative estimate of drug-likeness (QED) is 0.479. The van der Waals surface area contributed by atoms with Gasteiger partial charge in [0.05, 0.1) is 6.42 Å². The largest absolute Gasteiger partial charge is 0.481 e. The summed E-state index contributed by atoms with van der Waals surface area (Å²) >= 11 is 0. The van der Waals surface area contributed by atoms with E-state index in [1.165, 1.54) is 36.2 Å². The lowest BCUT2D eigenvalue weighted by molar-refractivity contribution is -0.145. The molecule has 5 amide bonds. The van der Waals surface area contributed by atoms with Crippen molar-refractivity contribution in [3.8, 4) is 0 Å². The number of carbonyl (C=O) groups is 5. The molecule has 38 heavy (non-hydrogen) atoms. The average molecular weight is 527 g/mol. The van der Waals surface area contributed by atoms with E-state index in [4.69, 9.17) is 4.74 Å². The molecule has 11 nitrogen and oxygen atoms in total. The third kappa shape index (κ3) is 5.15. The number of aryl methyl sites for hydroxylation is 1. The molecule has 1 aliphatic carbocycles. The first kappa shape index (κ1) is 26.6. The van der Waals surface area contributed by atoms with Crippen LogP contribution < -0.4 is 10.6 Å². The van der Waals surface area contributed by atoms with Crippen LogP contribution in [0, 0.1) is 5.82 Å². The number of imide groups is 1. The SMILES string of the molecule is CNC(=O)Nc1ccc2c(c1)CC[C@@]21OC(=O)N(CC(=O)N(Cc2ccc(F)cc2)C(C)CC(=O)O)C1=O. The van der Waals surface area contributed by atoms with Crippen molar-refractivity contribution >= 4 is 35.6 Å². The molecule has 200 valence electrons. The van der Waals surface area contributed by atoms with E-state index >= 15 is 0 Å². The number of nitrogens with zero attached hydrogens (tertiary/aromatic N) is 2. The van der Waals surface area contributed by atoms with E-state index in [9.17, 15) is 33.5 Å². The average Bonchev–Trinajstić information content (AvgIpc) is 3.34. The number of ether oxygens (including phenoxy) is 1. The molecule has 1 spiro atoms. The van der Waals surface area contributed by atoms with Gasteiger partial charge in [0.2, 0.25) is 11.5 Å². The van der Waals surface area contributed by atoms with E-state index in [-0.39, 0.29) is 19.4 Å². The molecule has 1 saturated heterocycles. The number of halogens is 1. The number of fused-ring (bicyclic) bond motifs is 2. The molecule has 2 aromatic rings. The highest BCUT2D eigenvalue weighted by molar-refractivity contribution is 6.06. The highest BCUT2D eigenvalue weighted by Crippen LogP contribution is 2.46. The number of amides is 5. The molecule has 0 radical (unpaired) electrons. The summed E-state index contributed by atoms with van der Waals surface area (Å²) in [6.07, 6.45) is -0.757. The molecule has 4 rings (SSSR count). The van der Waals surface area contributed by atoms with Crippen molar-refractivity contribution in [3.05, 3.63) is 65.0 Å². The number of rotatable bonds is 8. The lowest BCUT2D eigenvalue weighted by atomic mass is 9.94. The minimum atomic E-state index is -1.58. The maximum atomic E-state index is 13.5. The maximum absolute atomic E-state index is 13.5. The van der Waals surface area contributed by atoms with Gasteiger partial charge < -0.3 is 25.4 Å². The Hall–Kier alpha value is -4.48. The van der Waals surface area contributed by atoms with E-state index in [2.05, 4.69) is 10.6 Å². The smallest absolute Gasteiger partial charge is 0.418 e. The van der Waals surface area contributed by atoms with Crippen LogP contribution in [0.3, 0.4) is 0 Å². The molecule has 0 aromatic heterocycles. The van der Waals surface area contributed by atoms with E-state index in [0.29, 0.717) is 23.2 Å². The fourth-order valence-corrected chi connectivity index (χ4v) is 4.79. The molecule has 2 atom stereocenters. The lowest BCUT2D eigenvalue weighted by Gasteiger charge is -2.29. The second-order valence-corrected chi connectivity index (χ2v) is 9.26. The zero-order valence-electron chi connectivity index (χ0n) is 20.8. The van der Waals surface area contributed by atoms with Crippen LogP contribution in [-0.2, 0) is 37.7 Å². The topological polar surface area (TPSA) is 145 Å². The van der Waals surface area contributed by atoms with Gasteiger partial charge in [-0.3, -0.25) is 14.4 Å². The summed E-state index contributed by atoms with van der Waals surface area (Å²) in [6.45, 7) is 0.856. The highest BCUT2D eigenvalue weighted by atomic mass is 19.1. The summed E-state index contributed by atoms with van der Waals surface area (Å²) < 4.78 is 18.9. The van der Waals surface area contributed by atoms with Crippen LogP contribution in [0.2, 0.25) is 0 Å². The molecule has 2 aromatic carbocycles. The van der Waals surface area contributed by atoms with Gasteiger partial charge in [-0.05, 0) is 48.7 Å². The molecule has 1 unspecified atom stereocenters. The number of carbonyl (C=O) groups excluding carboxylic acids is 4. The minimum Gasteiger partial charge on any atom is -0.481 e. The monoisotopic (exact) mass is 526 g/mol. The second kappa shape index (κ2) is 10.5. The lowest BCUT2D eigenvalue weighted by Crippen LogP contribution is -2.47. The Labute approximate surface area is 217 Å². The van der Waals surface area contributed by atoms with Crippen molar-refractivity contribution in [3.63, 3.8) is 0 Å². The molecule has 3 N–H and O–H groups in total. The standard InChI is InChI=1S/C26H27FN4O7/c1-15(11-22(33)34)30(13-16-3-5-18(27)6-4-16)21(32)14-31-23(35)26(38-25(31)37)10-9-17-12-19(7-8-20(17)26)29-24(36)28-2/h3-8,12,15H,9-11,13-14H2,1-2H3,(H,33,34)(H2,28,29,36)/t15?,26-/m1/s1. The number of hydrogen-bond acceptors (Lipinski definition) is 6. The number of urea groups is 1. The van der Waals surface area contributed by atoms with Gasteiger partial charge in [-0.1, -0.05) is 18.2 Å². The van der Waals surface area contributed by atoms with E-state index in [1.807, 2.05) is 0 Å². The van der Waals surface area contributed by atoms with Gasteiger partial charge in [0.15, 0.2) is 0 Å². The number of hydrogen-bond donors (Lipinski definition) is 3. The predicted octanol–water partition coefficient (Wildman–Crippen LogP) is 2.59. The van der Waals surface area contributed by atoms with Gasteiger partial charge in [0.25, 0.3) is 5.91 Å². The van der Waals surface area contributed by atoms with E-state index < -0.39 is 53.9 Å². The normalized spacial score (nSPS) is 18.7. The first-order valence-corrected chi connectivity index (χ1v) is 12.0. The Morgan fingerprint density at radius 3 is 2.55 bits per heavy atom. The minimum absolute atomic E-state index is 0.0419. The molecule has 12 heteroatoms. The summed E-state index contributed by atoms with van der Waals surface area (Å²) in [4.78, 5) is 64.6. The zero-order chi connectivity index (χ0) is 27.6. The second-order valence-electron chi connectivity index (χ2n) is 9.26.